The van der Waals surface area contributed by atoms with Crippen LogP contribution in [-0.2, 0) is 15.9 Å². The van der Waals surface area contributed by atoms with E-state index in [0.29, 0.717) is 23.7 Å². The Morgan fingerprint density at radius 1 is 1.22 bits per heavy atom. The zero-order valence-electron chi connectivity index (χ0n) is 10.7. The first kappa shape index (κ1) is 15.8. The highest BCUT2D eigenvalue weighted by atomic mass is 35.5. The Kier molecular flexibility index (Phi) is 5.46. The molecule has 0 amide bonds. The van der Waals surface area contributed by atoms with E-state index >= 15 is 0 Å². The highest BCUT2D eigenvalue weighted by Gasteiger charge is 2.25. The lowest BCUT2D eigenvalue weighted by molar-refractivity contribution is 0.445. The minimum absolute atomic E-state index is 0.243. The van der Waals surface area contributed by atoms with Gasteiger partial charge in [-0.15, -0.1) is 11.6 Å². The maximum atomic E-state index is 12.5. The van der Waals surface area contributed by atoms with Gasteiger partial charge in [-0.05, 0) is 30.2 Å². The summed E-state index contributed by atoms with van der Waals surface area (Å²) < 4.78 is 26.3. The van der Waals surface area contributed by atoms with E-state index in [1.54, 1.807) is 13.0 Å². The summed E-state index contributed by atoms with van der Waals surface area (Å²) in [5.74, 6) is 0.243. The number of sulfonamides is 1. The van der Waals surface area contributed by atoms with E-state index in [9.17, 15) is 8.42 Å². The lowest BCUT2D eigenvalue weighted by atomic mass is 10.1. The lowest BCUT2D eigenvalue weighted by Gasteiger charge is -2.20. The number of hydrogen-bond acceptors (Lipinski definition) is 2. The Bertz CT molecular complexity index is 525. The minimum atomic E-state index is -3.50. The number of halogens is 2. The number of benzene rings is 1. The molecular weight excluding hydrogens is 293 g/mol. The Hall–Kier alpha value is -0.290. The molecule has 0 fully saturated rings. The van der Waals surface area contributed by atoms with Crippen molar-refractivity contribution >= 4 is 33.2 Å². The molecule has 3 nitrogen and oxygen atoms in total. The highest BCUT2D eigenvalue weighted by Crippen LogP contribution is 2.27. The number of rotatable bonds is 5. The fourth-order valence-electron chi connectivity index (χ4n) is 1.82. The summed E-state index contributed by atoms with van der Waals surface area (Å²) >= 11 is 11.8. The Labute approximate surface area is 119 Å². The maximum Gasteiger partial charge on any atom is 0.243 e. The van der Waals surface area contributed by atoms with Crippen molar-refractivity contribution in [3.63, 3.8) is 0 Å². The molecule has 0 N–H and O–H groups in total. The van der Waals surface area contributed by atoms with E-state index < -0.39 is 10.0 Å². The fraction of sp³-hybridized carbons (Fsp3) is 0.500. The Morgan fingerprint density at radius 2 is 1.78 bits per heavy atom. The smallest absolute Gasteiger partial charge is 0.207 e. The van der Waals surface area contributed by atoms with Crippen LogP contribution < -0.4 is 0 Å². The van der Waals surface area contributed by atoms with E-state index in [2.05, 4.69) is 0 Å². The van der Waals surface area contributed by atoms with Gasteiger partial charge in [-0.25, -0.2) is 8.42 Å². The number of nitrogens with zero attached hydrogens (tertiary/aromatic N) is 1. The summed E-state index contributed by atoms with van der Waals surface area (Å²) in [5, 5.41) is 0.391. The van der Waals surface area contributed by atoms with Crippen LogP contribution in [-0.4, -0.2) is 25.8 Å². The van der Waals surface area contributed by atoms with Gasteiger partial charge in [-0.1, -0.05) is 25.4 Å². The van der Waals surface area contributed by atoms with Crippen molar-refractivity contribution in [1.82, 2.24) is 4.31 Å². The predicted molar refractivity (Wildman–Crippen MR) is 75.9 cm³/mol. The quantitative estimate of drug-likeness (QED) is 0.782. The van der Waals surface area contributed by atoms with Crippen molar-refractivity contribution in [3.8, 4) is 0 Å². The third-order valence-electron chi connectivity index (χ3n) is 2.90. The highest BCUT2D eigenvalue weighted by molar-refractivity contribution is 7.89. The molecule has 0 spiro atoms. The van der Waals surface area contributed by atoms with Crippen LogP contribution in [0.25, 0.3) is 0 Å². The molecule has 0 heterocycles. The van der Waals surface area contributed by atoms with Crippen LogP contribution in [0.2, 0.25) is 5.02 Å². The first-order valence-corrected chi connectivity index (χ1v) is 8.08. The molecule has 102 valence electrons. The summed E-state index contributed by atoms with van der Waals surface area (Å²) in [4.78, 5) is 0.245. The maximum absolute atomic E-state index is 12.5. The molecule has 0 saturated carbocycles. The van der Waals surface area contributed by atoms with Gasteiger partial charge in [-0.2, -0.15) is 4.31 Å². The van der Waals surface area contributed by atoms with Gasteiger partial charge >= 0.3 is 0 Å². The molecule has 0 atom stereocenters. The van der Waals surface area contributed by atoms with Crippen molar-refractivity contribution in [2.45, 2.75) is 31.5 Å². The standard InChI is InChI=1S/C12H17Cl2NO2S/c1-4-15(5-2)18(16,17)12-7-11(14)6-10(8-13)9(12)3/h6-7H,4-5,8H2,1-3H3. The molecule has 0 saturated heterocycles. The zero-order chi connectivity index (χ0) is 13.9. The number of hydrogen-bond donors (Lipinski definition) is 0. The second-order valence-electron chi connectivity index (χ2n) is 3.91. The van der Waals surface area contributed by atoms with Crippen LogP contribution in [0.1, 0.15) is 25.0 Å². The Morgan fingerprint density at radius 3 is 2.22 bits per heavy atom. The SMILES string of the molecule is CCN(CC)S(=O)(=O)c1cc(Cl)cc(CCl)c1C. The second-order valence-corrected chi connectivity index (χ2v) is 6.52. The van der Waals surface area contributed by atoms with Gasteiger partial charge in [-0.3, -0.25) is 0 Å². The monoisotopic (exact) mass is 309 g/mol. The van der Waals surface area contributed by atoms with E-state index in [4.69, 9.17) is 23.2 Å². The van der Waals surface area contributed by atoms with Gasteiger partial charge < -0.3 is 0 Å². The molecule has 6 heteroatoms. The van der Waals surface area contributed by atoms with E-state index in [-0.39, 0.29) is 10.8 Å². The largest absolute Gasteiger partial charge is 0.243 e. The van der Waals surface area contributed by atoms with Gasteiger partial charge in [0.05, 0.1) is 4.90 Å². The van der Waals surface area contributed by atoms with E-state index in [0.717, 1.165) is 5.56 Å². The molecule has 0 aliphatic rings. The third-order valence-corrected chi connectivity index (χ3v) is 5.58. The van der Waals surface area contributed by atoms with Crippen LogP contribution in [0.5, 0.6) is 0 Å². The zero-order valence-corrected chi connectivity index (χ0v) is 13.0. The average molecular weight is 310 g/mol. The average Bonchev–Trinajstić information content (AvgIpc) is 2.32. The van der Waals surface area contributed by atoms with Gasteiger partial charge in [0.2, 0.25) is 10.0 Å². The summed E-state index contributed by atoms with van der Waals surface area (Å²) in [5.41, 5.74) is 1.41. The molecule has 1 rings (SSSR count). The lowest BCUT2D eigenvalue weighted by Crippen LogP contribution is -2.31. The normalized spacial score (nSPS) is 12.1. The molecular formula is C12H17Cl2NO2S. The molecule has 18 heavy (non-hydrogen) atoms. The van der Waals surface area contributed by atoms with Gasteiger partial charge in [0.15, 0.2) is 0 Å². The molecule has 0 unspecified atom stereocenters. The first-order chi connectivity index (χ1) is 8.38. The summed E-state index contributed by atoms with van der Waals surface area (Å²) in [6.07, 6.45) is 0. The van der Waals surface area contributed by atoms with Crippen LogP contribution >= 0.6 is 23.2 Å². The molecule has 0 radical (unpaired) electrons. The van der Waals surface area contributed by atoms with Crippen molar-refractivity contribution < 1.29 is 8.42 Å². The van der Waals surface area contributed by atoms with Gasteiger partial charge in [0.25, 0.3) is 0 Å². The fourth-order valence-corrected chi connectivity index (χ4v) is 4.15. The predicted octanol–water partition coefficient (Wildman–Crippen LogP) is 3.42. The van der Waals surface area contributed by atoms with Crippen molar-refractivity contribution in [3.05, 3.63) is 28.3 Å². The topological polar surface area (TPSA) is 37.4 Å². The van der Waals surface area contributed by atoms with Gasteiger partial charge in [0, 0.05) is 24.0 Å². The number of alkyl halides is 1. The van der Waals surface area contributed by atoms with Crippen LogP contribution in [0.4, 0.5) is 0 Å². The molecule has 1 aromatic carbocycles. The van der Waals surface area contributed by atoms with Crippen LogP contribution in [0.15, 0.2) is 17.0 Å². The minimum Gasteiger partial charge on any atom is -0.207 e. The summed E-state index contributed by atoms with van der Waals surface area (Å²) in [6, 6.07) is 3.19. The third kappa shape index (κ3) is 2.99. The molecule has 0 aliphatic carbocycles. The molecule has 1 aromatic rings. The first-order valence-electron chi connectivity index (χ1n) is 5.73. The second kappa shape index (κ2) is 6.24. The van der Waals surface area contributed by atoms with Crippen LogP contribution in [0.3, 0.4) is 0 Å². The van der Waals surface area contributed by atoms with Crippen molar-refractivity contribution in [2.24, 2.45) is 0 Å². The molecule has 0 aliphatic heterocycles. The van der Waals surface area contributed by atoms with E-state index in [1.807, 2.05) is 13.8 Å². The molecule has 0 bridgehead atoms. The van der Waals surface area contributed by atoms with E-state index in [1.165, 1.54) is 10.4 Å². The van der Waals surface area contributed by atoms with Gasteiger partial charge in [0.1, 0.15) is 0 Å². The Balaban J connectivity index is 3.45. The van der Waals surface area contributed by atoms with Crippen molar-refractivity contribution in [2.75, 3.05) is 13.1 Å². The van der Waals surface area contributed by atoms with Crippen molar-refractivity contribution in [1.29, 1.82) is 0 Å². The summed E-state index contributed by atoms with van der Waals surface area (Å²) in [6.45, 7) is 6.24. The van der Waals surface area contributed by atoms with Crippen LogP contribution in [0, 0.1) is 6.92 Å². The molecule has 0 aromatic heterocycles. The summed E-state index contributed by atoms with van der Waals surface area (Å²) in [7, 11) is -3.50.